The van der Waals surface area contributed by atoms with Crippen LogP contribution in [-0.2, 0) is 12.8 Å². The Labute approximate surface area is 93.1 Å². The lowest BCUT2D eigenvalue weighted by molar-refractivity contribution is 0.299. The second kappa shape index (κ2) is 6.62. The van der Waals surface area contributed by atoms with Crippen LogP contribution in [0.5, 0.6) is 0 Å². The van der Waals surface area contributed by atoms with Gasteiger partial charge in [0, 0.05) is 6.61 Å². The summed E-state index contributed by atoms with van der Waals surface area (Å²) in [6, 6.07) is 8.45. The van der Waals surface area contributed by atoms with Crippen molar-refractivity contribution < 1.29 is 5.11 Å². The van der Waals surface area contributed by atoms with E-state index in [1.807, 2.05) is 0 Å². The molecule has 1 nitrogen and oxygen atoms in total. The molecule has 0 fully saturated rings. The average Bonchev–Trinajstić information content (AvgIpc) is 2.20. The van der Waals surface area contributed by atoms with E-state index in [1.54, 1.807) is 0 Å². The maximum Gasteiger partial charge on any atom is 0.0471 e. The zero-order valence-corrected chi connectivity index (χ0v) is 9.87. The van der Waals surface area contributed by atoms with Gasteiger partial charge in [0.15, 0.2) is 0 Å². The molecule has 0 saturated heterocycles. The topological polar surface area (TPSA) is 20.2 Å². The van der Waals surface area contributed by atoms with Gasteiger partial charge in [-0.1, -0.05) is 44.5 Å². The van der Waals surface area contributed by atoms with Crippen molar-refractivity contribution in [3.63, 3.8) is 0 Å². The average molecular weight is 206 g/mol. The zero-order chi connectivity index (χ0) is 11.1. The summed E-state index contributed by atoms with van der Waals surface area (Å²) < 4.78 is 0. The van der Waals surface area contributed by atoms with E-state index < -0.39 is 0 Å². The number of hydrogen-bond acceptors (Lipinski definition) is 1. The first kappa shape index (κ1) is 12.3. The molecule has 0 spiro atoms. The number of aliphatic hydroxyl groups excluding tert-OH is 1. The van der Waals surface area contributed by atoms with Gasteiger partial charge in [-0.3, -0.25) is 0 Å². The predicted octanol–water partition coefficient (Wildman–Crippen LogP) is 3.20. The van der Waals surface area contributed by atoms with Gasteiger partial charge >= 0.3 is 0 Å². The molecule has 0 aromatic heterocycles. The highest BCUT2D eigenvalue weighted by molar-refractivity contribution is 5.27. The van der Waals surface area contributed by atoms with Crippen molar-refractivity contribution >= 4 is 0 Å². The van der Waals surface area contributed by atoms with Crippen LogP contribution in [0.4, 0.5) is 0 Å². The molecule has 0 atom stereocenters. The van der Waals surface area contributed by atoms with E-state index in [2.05, 4.69) is 38.1 Å². The fourth-order valence-corrected chi connectivity index (χ4v) is 1.87. The number of aryl methyl sites for hydroxylation is 1. The van der Waals surface area contributed by atoms with Crippen LogP contribution < -0.4 is 0 Å². The molecule has 0 heterocycles. The van der Waals surface area contributed by atoms with Crippen molar-refractivity contribution in [2.75, 3.05) is 6.61 Å². The maximum absolute atomic E-state index is 8.96. The predicted molar refractivity (Wildman–Crippen MR) is 65.0 cm³/mol. The van der Waals surface area contributed by atoms with Crippen molar-refractivity contribution in [3.05, 3.63) is 35.4 Å². The smallest absolute Gasteiger partial charge is 0.0471 e. The van der Waals surface area contributed by atoms with Gasteiger partial charge in [0.1, 0.15) is 0 Å². The Bertz CT molecular complexity index is 278. The summed E-state index contributed by atoms with van der Waals surface area (Å²) in [7, 11) is 0. The van der Waals surface area contributed by atoms with Gasteiger partial charge in [0.25, 0.3) is 0 Å². The van der Waals surface area contributed by atoms with E-state index in [0.717, 1.165) is 18.8 Å². The first-order valence-corrected chi connectivity index (χ1v) is 5.91. The third-order valence-corrected chi connectivity index (χ3v) is 2.73. The molecule has 0 radical (unpaired) electrons. The Morgan fingerprint density at radius 3 is 2.20 bits per heavy atom. The zero-order valence-electron chi connectivity index (χ0n) is 9.87. The molecule has 84 valence electrons. The molecule has 1 aromatic rings. The van der Waals surface area contributed by atoms with Crippen molar-refractivity contribution in [2.24, 2.45) is 5.92 Å². The Balaban J connectivity index is 2.51. The third-order valence-electron chi connectivity index (χ3n) is 2.73. The highest BCUT2D eigenvalue weighted by Gasteiger charge is 2.01. The third kappa shape index (κ3) is 4.48. The van der Waals surface area contributed by atoms with Crippen molar-refractivity contribution in [1.29, 1.82) is 0 Å². The summed E-state index contributed by atoms with van der Waals surface area (Å²) in [5.74, 6) is 0.787. The van der Waals surface area contributed by atoms with E-state index in [4.69, 9.17) is 5.11 Å². The molecule has 0 aliphatic carbocycles. The Hall–Kier alpha value is -0.820. The van der Waals surface area contributed by atoms with Crippen LogP contribution in [0, 0.1) is 5.92 Å². The summed E-state index contributed by atoms with van der Waals surface area (Å²) in [4.78, 5) is 0. The van der Waals surface area contributed by atoms with Gasteiger partial charge in [-0.15, -0.1) is 0 Å². The minimum absolute atomic E-state index is 0.251. The summed E-state index contributed by atoms with van der Waals surface area (Å²) >= 11 is 0. The quantitative estimate of drug-likeness (QED) is 0.758. The van der Waals surface area contributed by atoms with Crippen LogP contribution in [0.1, 0.15) is 37.8 Å². The molecule has 1 aromatic carbocycles. The van der Waals surface area contributed by atoms with Gasteiger partial charge in [0.05, 0.1) is 0 Å². The van der Waals surface area contributed by atoms with Crippen LogP contribution in [0.15, 0.2) is 24.3 Å². The van der Waals surface area contributed by atoms with Crippen molar-refractivity contribution in [1.82, 2.24) is 0 Å². The van der Waals surface area contributed by atoms with Crippen LogP contribution in [-0.4, -0.2) is 11.7 Å². The summed E-state index contributed by atoms with van der Waals surface area (Å²) in [6.45, 7) is 4.78. The van der Waals surface area contributed by atoms with Crippen molar-refractivity contribution in [2.45, 2.75) is 39.5 Å². The van der Waals surface area contributed by atoms with E-state index in [-0.39, 0.29) is 6.61 Å². The molecule has 0 aliphatic heterocycles. The Morgan fingerprint density at radius 1 is 1.07 bits per heavy atom. The molecule has 0 aliphatic rings. The monoisotopic (exact) mass is 206 g/mol. The molecule has 0 amide bonds. The molecule has 0 bridgehead atoms. The lowest BCUT2D eigenvalue weighted by Crippen LogP contribution is -1.98. The van der Waals surface area contributed by atoms with E-state index in [0.29, 0.717) is 0 Å². The number of aliphatic hydroxyl groups is 1. The minimum Gasteiger partial charge on any atom is -0.396 e. The normalized spacial score (nSPS) is 10.9. The Morgan fingerprint density at radius 2 is 1.67 bits per heavy atom. The highest BCUT2D eigenvalue weighted by atomic mass is 16.2. The maximum atomic E-state index is 8.96. The number of benzene rings is 1. The van der Waals surface area contributed by atoms with Gasteiger partial charge < -0.3 is 5.11 Å². The number of rotatable bonds is 6. The molecule has 0 saturated carbocycles. The fraction of sp³-hybridized carbons (Fsp3) is 0.571. The molecule has 1 N–H and O–H groups in total. The SMILES string of the molecule is CC(C)CCCc1ccccc1CCO. The van der Waals surface area contributed by atoms with E-state index in [9.17, 15) is 0 Å². The van der Waals surface area contributed by atoms with E-state index in [1.165, 1.54) is 24.0 Å². The molecular weight excluding hydrogens is 184 g/mol. The Kier molecular flexibility index (Phi) is 5.41. The summed E-state index contributed by atoms with van der Waals surface area (Å²) in [6.07, 6.45) is 4.47. The van der Waals surface area contributed by atoms with Crippen LogP contribution in [0.25, 0.3) is 0 Å². The summed E-state index contributed by atoms with van der Waals surface area (Å²) in [5.41, 5.74) is 2.72. The van der Waals surface area contributed by atoms with Gasteiger partial charge in [-0.05, 0) is 36.3 Å². The molecule has 1 heteroatoms. The van der Waals surface area contributed by atoms with Crippen LogP contribution in [0.2, 0.25) is 0 Å². The second-order valence-electron chi connectivity index (χ2n) is 4.53. The van der Waals surface area contributed by atoms with E-state index >= 15 is 0 Å². The first-order chi connectivity index (χ1) is 7.24. The minimum atomic E-state index is 0.251. The highest BCUT2D eigenvalue weighted by Crippen LogP contribution is 2.14. The molecule has 15 heavy (non-hydrogen) atoms. The molecule has 0 unspecified atom stereocenters. The molecule has 1 rings (SSSR count). The lowest BCUT2D eigenvalue weighted by atomic mass is 9.97. The molecular formula is C14H22O. The second-order valence-corrected chi connectivity index (χ2v) is 4.53. The number of hydrogen-bond donors (Lipinski definition) is 1. The summed E-state index contributed by atoms with van der Waals surface area (Å²) in [5, 5.41) is 8.96. The van der Waals surface area contributed by atoms with Gasteiger partial charge in [-0.2, -0.15) is 0 Å². The van der Waals surface area contributed by atoms with Gasteiger partial charge in [-0.25, -0.2) is 0 Å². The van der Waals surface area contributed by atoms with Crippen molar-refractivity contribution in [3.8, 4) is 0 Å². The first-order valence-electron chi connectivity index (χ1n) is 5.91. The standard InChI is InChI=1S/C14H22O/c1-12(2)6-5-9-13-7-3-4-8-14(13)10-11-15/h3-4,7-8,12,15H,5-6,9-11H2,1-2H3. The largest absolute Gasteiger partial charge is 0.396 e. The van der Waals surface area contributed by atoms with Crippen LogP contribution in [0.3, 0.4) is 0 Å². The fourth-order valence-electron chi connectivity index (χ4n) is 1.87. The lowest BCUT2D eigenvalue weighted by Gasteiger charge is -2.09. The van der Waals surface area contributed by atoms with Gasteiger partial charge in [0.2, 0.25) is 0 Å². The van der Waals surface area contributed by atoms with Crippen LogP contribution >= 0.6 is 0 Å².